The fraction of sp³-hybridized carbons (Fsp3) is 0. The number of benzene rings is 4. The molecule has 0 saturated heterocycles. The van der Waals surface area contributed by atoms with Gasteiger partial charge in [0.1, 0.15) is 0 Å². The highest BCUT2D eigenvalue weighted by atomic mass is 35.5. The van der Waals surface area contributed by atoms with Crippen LogP contribution in [0.3, 0.4) is 0 Å². The van der Waals surface area contributed by atoms with Crippen LogP contribution in [0.15, 0.2) is 72.8 Å². The third-order valence-electron chi connectivity index (χ3n) is 10.2. The molecule has 0 saturated carbocycles. The van der Waals surface area contributed by atoms with Gasteiger partial charge in [0.15, 0.2) is 0 Å². The maximum atomic E-state index is 7.31. The standard InChI is InChI=1S/C44H14Cl16N4/c45-13-5-1-6-14(46)21(13)25-37-29(53)31(55)39(61-37)26(22-15(47)7-2-8-16(22)48)41-33(57)35(59)43(63-41)28(24-19(51)11-4-12-20(24)52)44-36(60)34(58)42(64-44)27(23-17(49)9-3-10-18(23)50)40-32(56)30(54)38(25)62-40/h1-12,61,64H. The maximum absolute atomic E-state index is 7.31. The van der Waals surface area contributed by atoms with Gasteiger partial charge in [0.05, 0.1) is 125 Å². The van der Waals surface area contributed by atoms with Gasteiger partial charge in [-0.1, -0.05) is 210 Å². The van der Waals surface area contributed by atoms with E-state index in [1.54, 1.807) is 72.8 Å². The minimum atomic E-state index is -0.0739. The second-order valence-corrected chi connectivity index (χ2v) is 20.0. The van der Waals surface area contributed by atoms with Crippen LogP contribution in [0.4, 0.5) is 0 Å². The molecule has 0 spiro atoms. The van der Waals surface area contributed by atoms with Crippen molar-refractivity contribution in [2.75, 3.05) is 0 Å². The molecule has 4 nitrogen and oxygen atoms in total. The van der Waals surface area contributed by atoms with Crippen LogP contribution in [-0.2, 0) is 0 Å². The average Bonchev–Trinajstić information content (AvgIpc) is 3.91. The zero-order chi connectivity index (χ0) is 45.8. The molecule has 0 aliphatic carbocycles. The quantitative estimate of drug-likeness (QED) is 0.185. The first-order chi connectivity index (χ1) is 30.4. The minimum absolute atomic E-state index is 0.0343. The number of halogens is 16. The Morgan fingerprint density at radius 1 is 0.250 bits per heavy atom. The van der Waals surface area contributed by atoms with Crippen molar-refractivity contribution in [3.8, 4) is 44.5 Å². The maximum Gasteiger partial charge on any atom is 0.0940 e. The van der Waals surface area contributed by atoms with E-state index in [0.29, 0.717) is 0 Å². The Kier molecular flexibility index (Phi) is 13.4. The summed E-state index contributed by atoms with van der Waals surface area (Å²) in [4.78, 5) is 17.0. The number of aromatic nitrogens is 4. The van der Waals surface area contributed by atoms with Gasteiger partial charge in [-0.15, -0.1) is 0 Å². The number of H-pyrrole nitrogens is 2. The fourth-order valence-corrected chi connectivity index (χ4v) is 11.7. The van der Waals surface area contributed by atoms with E-state index in [4.69, 9.17) is 196 Å². The lowest BCUT2D eigenvalue weighted by molar-refractivity contribution is 1.30. The van der Waals surface area contributed by atoms with Crippen molar-refractivity contribution in [3.63, 3.8) is 0 Å². The number of fused-ring (bicyclic) bond motifs is 8. The molecule has 3 aromatic heterocycles. The molecule has 0 atom stereocenters. The van der Waals surface area contributed by atoms with Crippen LogP contribution >= 0.6 is 186 Å². The van der Waals surface area contributed by atoms with Gasteiger partial charge in [0.25, 0.3) is 0 Å². The van der Waals surface area contributed by atoms with E-state index >= 15 is 0 Å². The summed E-state index contributed by atoms with van der Waals surface area (Å²) in [7, 11) is 0. The molecule has 0 radical (unpaired) electrons. The molecular formula is C44H14Cl16N4. The summed E-state index contributed by atoms with van der Waals surface area (Å²) in [5, 5.41) is 0.935. The Hall–Kier alpha value is -1.88. The molecule has 322 valence electrons. The molecule has 0 amide bonds. The Morgan fingerprint density at radius 2 is 0.422 bits per heavy atom. The van der Waals surface area contributed by atoms with E-state index in [0.717, 1.165) is 0 Å². The first kappa shape index (κ1) is 47.2. The summed E-state index contributed by atoms with van der Waals surface area (Å²) in [6, 6.07) is 19.6. The molecule has 2 aliphatic heterocycles. The molecule has 2 aliphatic rings. The van der Waals surface area contributed by atoms with Crippen LogP contribution in [0.5, 0.6) is 0 Å². The van der Waals surface area contributed by atoms with E-state index < -0.39 is 0 Å². The normalized spacial score (nSPS) is 12.9. The molecule has 2 N–H and O–H groups in total. The zero-order valence-electron chi connectivity index (χ0n) is 30.9. The number of nitrogens with zero attached hydrogens (tertiary/aromatic N) is 2. The topological polar surface area (TPSA) is 57.4 Å². The highest BCUT2D eigenvalue weighted by Gasteiger charge is 2.34. The van der Waals surface area contributed by atoms with E-state index in [-0.39, 0.29) is 170 Å². The van der Waals surface area contributed by atoms with Gasteiger partial charge in [-0.3, -0.25) is 0 Å². The van der Waals surface area contributed by atoms with Gasteiger partial charge in [-0.05, 0) is 48.5 Å². The predicted molar refractivity (Wildman–Crippen MR) is 280 cm³/mol. The summed E-state index contributed by atoms with van der Waals surface area (Å²) in [5.74, 6) is 0. The van der Waals surface area contributed by atoms with Gasteiger partial charge in [-0.2, -0.15) is 0 Å². The highest BCUT2D eigenvalue weighted by Crippen LogP contribution is 2.55. The van der Waals surface area contributed by atoms with Crippen molar-refractivity contribution >= 4 is 228 Å². The second kappa shape index (κ2) is 18.2. The van der Waals surface area contributed by atoms with E-state index in [2.05, 4.69) is 9.97 Å². The predicted octanol–water partition coefficient (Wildman–Crippen LogP) is 21.4. The molecule has 8 bridgehead atoms. The largest absolute Gasteiger partial charge is 0.352 e. The third kappa shape index (κ3) is 7.61. The van der Waals surface area contributed by atoms with Crippen LogP contribution in [0.25, 0.3) is 86.7 Å². The number of hydrogen-bond donors (Lipinski definition) is 2. The number of aromatic amines is 2. The van der Waals surface area contributed by atoms with Crippen molar-refractivity contribution in [1.82, 2.24) is 19.9 Å². The molecule has 0 unspecified atom stereocenters. The fourth-order valence-electron chi connectivity index (χ4n) is 7.49. The average molecular weight is 1170 g/mol. The number of hydrogen-bond acceptors (Lipinski definition) is 2. The summed E-state index contributed by atoms with van der Waals surface area (Å²) in [5.41, 5.74) is 2.23. The van der Waals surface area contributed by atoms with Gasteiger partial charge in [0, 0.05) is 44.5 Å². The van der Waals surface area contributed by atoms with Crippen LogP contribution < -0.4 is 0 Å². The van der Waals surface area contributed by atoms with Gasteiger partial charge < -0.3 is 9.97 Å². The van der Waals surface area contributed by atoms with E-state index in [9.17, 15) is 0 Å². The molecular weight excluding hydrogens is 1150 g/mol. The summed E-state index contributed by atoms with van der Waals surface area (Å²) < 4.78 is 0. The van der Waals surface area contributed by atoms with Gasteiger partial charge >= 0.3 is 0 Å². The van der Waals surface area contributed by atoms with E-state index in [1.165, 1.54) is 0 Å². The van der Waals surface area contributed by atoms with E-state index in [1.807, 2.05) is 0 Å². The first-order valence-corrected chi connectivity index (χ1v) is 23.9. The van der Waals surface area contributed by atoms with Crippen LogP contribution in [0.1, 0.15) is 22.8 Å². The van der Waals surface area contributed by atoms with Crippen LogP contribution in [0.2, 0.25) is 60.3 Å². The summed E-state index contributed by atoms with van der Waals surface area (Å²) in [6.07, 6.45) is 0. The van der Waals surface area contributed by atoms with Crippen molar-refractivity contribution in [1.29, 1.82) is 0 Å². The molecule has 20 heteroatoms. The Morgan fingerprint density at radius 3 is 0.594 bits per heavy atom. The lowest BCUT2D eigenvalue weighted by Crippen LogP contribution is -1.93. The molecule has 64 heavy (non-hydrogen) atoms. The first-order valence-electron chi connectivity index (χ1n) is 17.9. The molecule has 9 rings (SSSR count). The van der Waals surface area contributed by atoms with Crippen molar-refractivity contribution in [3.05, 3.63) is 156 Å². The lowest BCUT2D eigenvalue weighted by atomic mass is 10.0. The monoisotopic (exact) mass is 1160 g/mol. The van der Waals surface area contributed by atoms with Crippen LogP contribution in [0, 0.1) is 0 Å². The molecule has 0 fully saturated rings. The number of nitrogens with one attached hydrogen (secondary N) is 2. The molecule has 5 heterocycles. The Bertz CT molecular complexity index is 2950. The third-order valence-corrected chi connectivity index (χ3v) is 16.1. The lowest BCUT2D eigenvalue weighted by Gasteiger charge is -2.11. The minimum Gasteiger partial charge on any atom is -0.352 e. The summed E-state index contributed by atoms with van der Waals surface area (Å²) in [6.45, 7) is 0. The second-order valence-electron chi connectivity index (χ2n) is 13.8. The summed E-state index contributed by atoms with van der Waals surface area (Å²) >= 11 is 114. The Balaban J connectivity index is 1.70. The zero-order valence-corrected chi connectivity index (χ0v) is 43.0. The van der Waals surface area contributed by atoms with Crippen LogP contribution in [-0.4, -0.2) is 19.9 Å². The highest BCUT2D eigenvalue weighted by molar-refractivity contribution is 6.68. The molecule has 7 aromatic rings. The van der Waals surface area contributed by atoms with Gasteiger partial charge in [-0.25, -0.2) is 9.97 Å². The number of rotatable bonds is 4. The van der Waals surface area contributed by atoms with Crippen molar-refractivity contribution in [2.24, 2.45) is 0 Å². The SMILES string of the molecule is ClC1=C(Cl)c2nc1c(-c1c(Cl)cccc1Cl)c1[nH]c(c(Cl)c1Cl)c(-c1c(Cl)cccc1Cl)c1nc(c(-c3c(Cl)cccc3Cl)c3[nH]c(c(Cl)c3Cl)c2-c2c(Cl)cccc2Cl)C(Cl)=C1Cl. The van der Waals surface area contributed by atoms with Crippen molar-refractivity contribution < 1.29 is 0 Å². The smallest absolute Gasteiger partial charge is 0.0940 e. The molecule has 4 aromatic carbocycles. The van der Waals surface area contributed by atoms with Gasteiger partial charge in [0.2, 0.25) is 0 Å². The Labute approximate surface area is 443 Å². The van der Waals surface area contributed by atoms with Crippen molar-refractivity contribution in [2.45, 2.75) is 0 Å².